The summed E-state index contributed by atoms with van der Waals surface area (Å²) in [5.74, 6) is 1.81. The third kappa shape index (κ3) is 4.95. The van der Waals surface area contributed by atoms with Crippen LogP contribution >= 0.6 is 0 Å². The summed E-state index contributed by atoms with van der Waals surface area (Å²) in [4.78, 5) is 4.80. The first-order chi connectivity index (χ1) is 17.0. The zero-order valence-electron chi connectivity index (χ0n) is 20.9. The maximum absolute atomic E-state index is 4.80. The molecule has 1 aromatic heterocycles. The fourth-order valence-corrected chi connectivity index (χ4v) is 4.48. The molecular formula is C32H31N3. The van der Waals surface area contributed by atoms with Gasteiger partial charge in [-0.15, -0.1) is 0 Å². The van der Waals surface area contributed by atoms with Gasteiger partial charge in [-0.3, -0.25) is 0 Å². The van der Waals surface area contributed by atoms with Crippen molar-refractivity contribution < 1.29 is 0 Å². The van der Waals surface area contributed by atoms with E-state index in [4.69, 9.17) is 4.98 Å². The Balaban J connectivity index is 1.63. The van der Waals surface area contributed by atoms with Crippen molar-refractivity contribution in [2.24, 2.45) is 7.05 Å². The van der Waals surface area contributed by atoms with E-state index < -0.39 is 0 Å². The Bertz CT molecular complexity index is 1390. The Labute approximate surface area is 208 Å². The zero-order chi connectivity index (χ0) is 24.4. The second kappa shape index (κ2) is 9.71. The molecule has 0 radical (unpaired) electrons. The zero-order valence-corrected chi connectivity index (χ0v) is 20.9. The summed E-state index contributed by atoms with van der Waals surface area (Å²) >= 11 is 0. The summed E-state index contributed by atoms with van der Waals surface area (Å²) in [5, 5.41) is 4.61. The molecule has 0 saturated carbocycles. The van der Waals surface area contributed by atoms with Crippen molar-refractivity contribution in [1.82, 2.24) is 14.8 Å². The minimum atomic E-state index is 0.895. The standard InChI is InChI=1S/C32H31N3/c1-5-7-31-33-32(35(4)34-31)27-9-6-8-26(18-27)30-20-28(24-14-10-22(2)11-15-24)19-29(21-30)25-16-12-23(3)13-17-25/h6,8-21H,5,7H2,1-4H3. The summed E-state index contributed by atoms with van der Waals surface area (Å²) in [6.45, 7) is 6.41. The largest absolute Gasteiger partial charge is 0.249 e. The number of rotatable bonds is 6. The van der Waals surface area contributed by atoms with E-state index in [0.717, 1.165) is 30.1 Å². The van der Waals surface area contributed by atoms with E-state index in [1.807, 2.05) is 11.7 Å². The molecule has 4 aromatic carbocycles. The lowest BCUT2D eigenvalue weighted by Crippen LogP contribution is -1.95. The van der Waals surface area contributed by atoms with Crippen LogP contribution in [0.1, 0.15) is 30.3 Å². The molecule has 0 bridgehead atoms. The van der Waals surface area contributed by atoms with Crippen LogP contribution in [0.4, 0.5) is 0 Å². The van der Waals surface area contributed by atoms with Crippen molar-refractivity contribution in [3.8, 4) is 44.8 Å². The molecule has 3 nitrogen and oxygen atoms in total. The van der Waals surface area contributed by atoms with Gasteiger partial charge in [-0.25, -0.2) is 9.67 Å². The van der Waals surface area contributed by atoms with Crippen molar-refractivity contribution in [1.29, 1.82) is 0 Å². The molecule has 0 saturated heterocycles. The smallest absolute Gasteiger partial charge is 0.158 e. The molecule has 1 heterocycles. The molecule has 0 spiro atoms. The predicted octanol–water partition coefficient (Wildman–Crippen LogP) is 8.05. The Morgan fingerprint density at radius 3 is 1.63 bits per heavy atom. The van der Waals surface area contributed by atoms with Gasteiger partial charge in [0, 0.05) is 19.0 Å². The third-order valence-corrected chi connectivity index (χ3v) is 6.44. The first-order valence-electron chi connectivity index (χ1n) is 12.3. The number of benzene rings is 4. The first kappa shape index (κ1) is 22.8. The highest BCUT2D eigenvalue weighted by Gasteiger charge is 2.12. The SMILES string of the molecule is CCCc1nc(-c2cccc(-c3cc(-c4ccc(C)cc4)cc(-c4ccc(C)cc4)c3)c2)n(C)n1. The molecule has 35 heavy (non-hydrogen) atoms. The molecule has 0 amide bonds. The maximum atomic E-state index is 4.80. The highest BCUT2D eigenvalue weighted by Crippen LogP contribution is 2.34. The van der Waals surface area contributed by atoms with Gasteiger partial charge in [0.2, 0.25) is 0 Å². The fraction of sp³-hybridized carbons (Fsp3) is 0.188. The number of hydrogen-bond acceptors (Lipinski definition) is 2. The molecule has 3 heteroatoms. The molecule has 0 aliphatic carbocycles. The van der Waals surface area contributed by atoms with Crippen molar-refractivity contribution in [2.75, 3.05) is 0 Å². The lowest BCUT2D eigenvalue weighted by Gasteiger charge is -2.12. The van der Waals surface area contributed by atoms with Crippen LogP contribution in [0.2, 0.25) is 0 Å². The van der Waals surface area contributed by atoms with E-state index in [-0.39, 0.29) is 0 Å². The van der Waals surface area contributed by atoms with Crippen molar-refractivity contribution in [3.05, 3.63) is 108 Å². The average Bonchev–Trinajstić information content (AvgIpc) is 3.25. The minimum Gasteiger partial charge on any atom is -0.249 e. The van der Waals surface area contributed by atoms with Gasteiger partial charge in [0.25, 0.3) is 0 Å². The van der Waals surface area contributed by atoms with Gasteiger partial charge in [0.05, 0.1) is 0 Å². The molecule has 174 valence electrons. The van der Waals surface area contributed by atoms with Gasteiger partial charge >= 0.3 is 0 Å². The van der Waals surface area contributed by atoms with E-state index in [2.05, 4.69) is 117 Å². The van der Waals surface area contributed by atoms with Crippen LogP contribution in [0.3, 0.4) is 0 Å². The van der Waals surface area contributed by atoms with Crippen molar-refractivity contribution >= 4 is 0 Å². The molecule has 0 atom stereocenters. The van der Waals surface area contributed by atoms with Crippen LogP contribution in [-0.2, 0) is 13.5 Å². The Kier molecular flexibility index (Phi) is 6.33. The maximum Gasteiger partial charge on any atom is 0.158 e. The lowest BCUT2D eigenvalue weighted by molar-refractivity contribution is 0.737. The van der Waals surface area contributed by atoms with Crippen LogP contribution in [-0.4, -0.2) is 14.8 Å². The summed E-state index contributed by atoms with van der Waals surface area (Å²) < 4.78 is 1.89. The molecule has 0 aliphatic rings. The van der Waals surface area contributed by atoms with E-state index in [1.54, 1.807) is 0 Å². The quantitative estimate of drug-likeness (QED) is 0.258. The van der Waals surface area contributed by atoms with Gasteiger partial charge in [-0.05, 0) is 77.9 Å². The normalized spacial score (nSPS) is 11.1. The van der Waals surface area contributed by atoms with E-state index in [0.29, 0.717) is 0 Å². The average molecular weight is 458 g/mol. The second-order valence-electron chi connectivity index (χ2n) is 9.34. The monoisotopic (exact) mass is 457 g/mol. The number of aromatic nitrogens is 3. The number of hydrogen-bond donors (Lipinski definition) is 0. The van der Waals surface area contributed by atoms with E-state index in [1.165, 1.54) is 44.5 Å². The third-order valence-electron chi connectivity index (χ3n) is 6.44. The summed E-state index contributed by atoms with van der Waals surface area (Å²) in [5.41, 5.74) is 10.8. The fourth-order valence-electron chi connectivity index (χ4n) is 4.48. The lowest BCUT2D eigenvalue weighted by atomic mass is 9.92. The van der Waals surface area contributed by atoms with E-state index >= 15 is 0 Å². The van der Waals surface area contributed by atoms with Gasteiger partial charge < -0.3 is 0 Å². The molecule has 5 aromatic rings. The Morgan fingerprint density at radius 1 is 0.600 bits per heavy atom. The van der Waals surface area contributed by atoms with Gasteiger partial charge in [0.15, 0.2) is 11.6 Å². The number of aryl methyl sites for hydroxylation is 4. The minimum absolute atomic E-state index is 0.895. The predicted molar refractivity (Wildman–Crippen MR) is 146 cm³/mol. The topological polar surface area (TPSA) is 30.7 Å². The highest BCUT2D eigenvalue weighted by molar-refractivity contribution is 5.82. The van der Waals surface area contributed by atoms with Crippen LogP contribution in [0, 0.1) is 13.8 Å². The molecular weight excluding hydrogens is 426 g/mol. The molecule has 5 rings (SSSR count). The van der Waals surface area contributed by atoms with Gasteiger partial charge in [-0.2, -0.15) is 5.10 Å². The molecule has 0 unspecified atom stereocenters. The molecule has 0 N–H and O–H groups in total. The Hall–Kier alpha value is -3.98. The van der Waals surface area contributed by atoms with Gasteiger partial charge in [-0.1, -0.05) is 84.8 Å². The highest BCUT2D eigenvalue weighted by atomic mass is 15.3. The van der Waals surface area contributed by atoms with Crippen molar-refractivity contribution in [3.63, 3.8) is 0 Å². The molecule has 0 aliphatic heterocycles. The summed E-state index contributed by atoms with van der Waals surface area (Å²) in [7, 11) is 1.97. The molecule has 0 fully saturated rings. The van der Waals surface area contributed by atoms with Crippen LogP contribution in [0.25, 0.3) is 44.8 Å². The van der Waals surface area contributed by atoms with Crippen LogP contribution in [0.15, 0.2) is 91.0 Å². The van der Waals surface area contributed by atoms with Crippen LogP contribution < -0.4 is 0 Å². The Morgan fingerprint density at radius 2 is 1.09 bits per heavy atom. The van der Waals surface area contributed by atoms with Gasteiger partial charge in [0.1, 0.15) is 0 Å². The first-order valence-corrected chi connectivity index (χ1v) is 12.3. The van der Waals surface area contributed by atoms with Crippen molar-refractivity contribution in [2.45, 2.75) is 33.6 Å². The summed E-state index contributed by atoms with van der Waals surface area (Å²) in [6, 6.07) is 33.1. The number of nitrogens with zero attached hydrogens (tertiary/aromatic N) is 3. The second-order valence-corrected chi connectivity index (χ2v) is 9.34. The summed E-state index contributed by atoms with van der Waals surface area (Å²) in [6.07, 6.45) is 1.93. The van der Waals surface area contributed by atoms with Crippen LogP contribution in [0.5, 0.6) is 0 Å². The van der Waals surface area contributed by atoms with E-state index in [9.17, 15) is 0 Å².